The minimum Gasteiger partial charge on any atom is -0.466 e. The highest BCUT2D eigenvalue weighted by Crippen LogP contribution is 2.40. The molecule has 8 heteroatoms. The predicted octanol–water partition coefficient (Wildman–Crippen LogP) is 2.16. The van der Waals surface area contributed by atoms with E-state index in [1.165, 1.54) is 7.11 Å². The number of methoxy groups -OCH3 is 1. The molecule has 1 aromatic rings. The minimum atomic E-state index is -0.551. The van der Waals surface area contributed by atoms with Crippen molar-refractivity contribution in [1.82, 2.24) is 9.88 Å². The number of nitrogens with zero attached hydrogens (tertiary/aromatic N) is 1. The van der Waals surface area contributed by atoms with Crippen LogP contribution < -0.4 is 5.32 Å². The highest BCUT2D eigenvalue weighted by Gasteiger charge is 2.43. The van der Waals surface area contributed by atoms with Crippen LogP contribution in [0, 0.1) is 5.92 Å². The molecule has 2 aliphatic rings. The van der Waals surface area contributed by atoms with Crippen molar-refractivity contribution in [3.63, 3.8) is 0 Å². The summed E-state index contributed by atoms with van der Waals surface area (Å²) in [4.78, 5) is 36.9. The molecule has 0 saturated carbocycles. The number of nitrogens with one attached hydrogen (secondary N) is 1. The van der Waals surface area contributed by atoms with Crippen molar-refractivity contribution in [1.29, 1.82) is 0 Å². The number of aryl methyl sites for hydroxylation is 1. The van der Waals surface area contributed by atoms with E-state index in [-0.39, 0.29) is 30.8 Å². The van der Waals surface area contributed by atoms with Gasteiger partial charge in [-0.1, -0.05) is 0 Å². The molecule has 1 aromatic heterocycles. The standard InChI is InChI=1S/C17H21BrN2O5/c1-3-25-16(22)10-6-12(21)14-11(19-17(23)24-2)5-4-9-7-13(18)20(8-10)15(9)14/h7,10-11,14H,3-6,8H2,1-2H3,(H,19,23)/t10-,11-,14?/m0/s1. The zero-order valence-corrected chi connectivity index (χ0v) is 15.8. The van der Waals surface area contributed by atoms with Crippen molar-refractivity contribution in [2.24, 2.45) is 5.92 Å². The van der Waals surface area contributed by atoms with E-state index in [2.05, 4.69) is 21.2 Å². The van der Waals surface area contributed by atoms with E-state index >= 15 is 0 Å². The van der Waals surface area contributed by atoms with Gasteiger partial charge in [0.15, 0.2) is 0 Å². The normalized spacial score (nSPS) is 24.9. The molecule has 3 atom stereocenters. The minimum absolute atomic E-state index is 0.0512. The van der Waals surface area contributed by atoms with Gasteiger partial charge in [0.25, 0.3) is 0 Å². The Bertz CT molecular complexity index is 714. The fraction of sp³-hybridized carbons (Fsp3) is 0.588. The van der Waals surface area contributed by atoms with E-state index in [0.29, 0.717) is 13.0 Å². The Balaban J connectivity index is 1.99. The molecule has 7 nitrogen and oxygen atoms in total. The summed E-state index contributed by atoms with van der Waals surface area (Å²) in [5.41, 5.74) is 1.97. The molecule has 0 saturated heterocycles. The van der Waals surface area contributed by atoms with Gasteiger partial charge in [-0.05, 0) is 47.3 Å². The van der Waals surface area contributed by atoms with E-state index in [0.717, 1.165) is 22.3 Å². The average molecular weight is 413 g/mol. The number of esters is 1. The molecule has 0 bridgehead atoms. The molecule has 2 heterocycles. The average Bonchev–Trinajstić information content (AvgIpc) is 2.79. The molecule has 1 amide bonds. The molecule has 1 aliphatic carbocycles. The van der Waals surface area contributed by atoms with Crippen molar-refractivity contribution < 1.29 is 23.9 Å². The number of rotatable bonds is 3. The van der Waals surface area contributed by atoms with Crippen LogP contribution in [0.25, 0.3) is 0 Å². The molecule has 3 rings (SSSR count). The Morgan fingerprint density at radius 3 is 2.88 bits per heavy atom. The molecule has 0 aromatic carbocycles. The smallest absolute Gasteiger partial charge is 0.407 e. The van der Waals surface area contributed by atoms with Crippen LogP contribution in [0.1, 0.15) is 36.9 Å². The number of ketones is 1. The Labute approximate surface area is 154 Å². The number of aromatic nitrogens is 1. The van der Waals surface area contributed by atoms with Crippen LogP contribution in [0.15, 0.2) is 10.7 Å². The molecule has 25 heavy (non-hydrogen) atoms. The second-order valence-electron chi connectivity index (χ2n) is 6.37. The maximum atomic E-state index is 13.0. The molecule has 0 radical (unpaired) electrons. The summed E-state index contributed by atoms with van der Waals surface area (Å²) < 4.78 is 12.6. The van der Waals surface area contributed by atoms with Crippen molar-refractivity contribution in [3.8, 4) is 0 Å². The zero-order valence-electron chi connectivity index (χ0n) is 14.2. The quantitative estimate of drug-likeness (QED) is 0.768. The molecule has 0 spiro atoms. The van der Waals surface area contributed by atoms with Gasteiger partial charge in [-0.25, -0.2) is 4.79 Å². The van der Waals surface area contributed by atoms with Crippen molar-refractivity contribution in [2.75, 3.05) is 13.7 Å². The van der Waals surface area contributed by atoms with Crippen LogP contribution in [0.3, 0.4) is 0 Å². The highest BCUT2D eigenvalue weighted by molar-refractivity contribution is 9.10. The maximum Gasteiger partial charge on any atom is 0.407 e. The Morgan fingerprint density at radius 1 is 1.44 bits per heavy atom. The lowest BCUT2D eigenvalue weighted by atomic mass is 9.79. The van der Waals surface area contributed by atoms with Crippen LogP contribution in [0.4, 0.5) is 4.79 Å². The summed E-state index contributed by atoms with van der Waals surface area (Å²) in [5, 5.41) is 2.78. The lowest BCUT2D eigenvalue weighted by Crippen LogP contribution is -2.44. The van der Waals surface area contributed by atoms with Gasteiger partial charge >= 0.3 is 12.1 Å². The van der Waals surface area contributed by atoms with E-state index in [9.17, 15) is 14.4 Å². The lowest BCUT2D eigenvalue weighted by Gasteiger charge is -2.31. The number of ether oxygens (including phenoxy) is 2. The predicted molar refractivity (Wildman–Crippen MR) is 92.3 cm³/mol. The number of carbonyl (C=O) groups excluding carboxylic acids is 3. The first-order valence-corrected chi connectivity index (χ1v) is 9.17. The maximum absolute atomic E-state index is 13.0. The van der Waals surface area contributed by atoms with Gasteiger partial charge in [-0.2, -0.15) is 0 Å². The number of amides is 1. The number of hydrogen-bond acceptors (Lipinski definition) is 5. The van der Waals surface area contributed by atoms with Gasteiger partial charge in [0.1, 0.15) is 5.78 Å². The summed E-state index contributed by atoms with van der Waals surface area (Å²) in [6.07, 6.45) is 0.962. The fourth-order valence-electron chi connectivity index (χ4n) is 3.82. The Kier molecular flexibility index (Phi) is 5.17. The van der Waals surface area contributed by atoms with Gasteiger partial charge in [-0.3, -0.25) is 9.59 Å². The van der Waals surface area contributed by atoms with Crippen molar-refractivity contribution in [2.45, 2.75) is 44.7 Å². The van der Waals surface area contributed by atoms with Gasteiger partial charge in [0, 0.05) is 24.7 Å². The first-order valence-electron chi connectivity index (χ1n) is 8.37. The molecule has 1 N–H and O–H groups in total. The van der Waals surface area contributed by atoms with E-state index < -0.39 is 17.9 Å². The number of carbonyl (C=O) groups is 3. The van der Waals surface area contributed by atoms with Crippen molar-refractivity contribution >= 4 is 33.8 Å². The highest BCUT2D eigenvalue weighted by atomic mass is 79.9. The topological polar surface area (TPSA) is 86.6 Å². The largest absolute Gasteiger partial charge is 0.466 e. The van der Waals surface area contributed by atoms with Crippen LogP contribution >= 0.6 is 15.9 Å². The fourth-order valence-corrected chi connectivity index (χ4v) is 4.43. The van der Waals surface area contributed by atoms with Gasteiger partial charge in [0.05, 0.1) is 30.2 Å². The lowest BCUT2D eigenvalue weighted by molar-refractivity contribution is -0.150. The third kappa shape index (κ3) is 3.31. The summed E-state index contributed by atoms with van der Waals surface area (Å²) >= 11 is 3.54. The zero-order chi connectivity index (χ0) is 18.1. The summed E-state index contributed by atoms with van der Waals surface area (Å²) in [6, 6.07) is 1.66. The molecular weight excluding hydrogens is 392 g/mol. The van der Waals surface area contributed by atoms with E-state index in [4.69, 9.17) is 9.47 Å². The number of alkyl carbamates (subject to hydrolysis) is 1. The van der Waals surface area contributed by atoms with Crippen LogP contribution in [-0.2, 0) is 32.0 Å². The van der Waals surface area contributed by atoms with Crippen LogP contribution in [0.5, 0.6) is 0 Å². The van der Waals surface area contributed by atoms with Crippen LogP contribution in [0.2, 0.25) is 0 Å². The number of halogens is 1. The van der Waals surface area contributed by atoms with E-state index in [1.54, 1.807) is 6.92 Å². The Hall–Kier alpha value is -1.83. The number of Topliss-reactive ketones (excluding diaryl/α,β-unsaturated/α-hetero) is 1. The molecule has 1 aliphatic heterocycles. The first-order chi connectivity index (χ1) is 12.0. The SMILES string of the molecule is CCOC(=O)[C@H]1CC(=O)C2c3c(cc(Br)n3C1)CC[C@@H]2NC(=O)OC. The molecule has 136 valence electrons. The van der Waals surface area contributed by atoms with Crippen LogP contribution in [-0.4, -0.2) is 42.2 Å². The second kappa shape index (κ2) is 7.19. The summed E-state index contributed by atoms with van der Waals surface area (Å²) in [7, 11) is 1.30. The summed E-state index contributed by atoms with van der Waals surface area (Å²) in [5.74, 6) is -1.41. The van der Waals surface area contributed by atoms with Gasteiger partial charge < -0.3 is 19.4 Å². The van der Waals surface area contributed by atoms with Gasteiger partial charge in [0.2, 0.25) is 0 Å². The second-order valence-corrected chi connectivity index (χ2v) is 7.18. The van der Waals surface area contributed by atoms with Crippen molar-refractivity contribution in [3.05, 3.63) is 21.9 Å². The number of hydrogen-bond donors (Lipinski definition) is 1. The Morgan fingerprint density at radius 2 is 2.20 bits per heavy atom. The monoisotopic (exact) mass is 412 g/mol. The summed E-state index contributed by atoms with van der Waals surface area (Å²) in [6.45, 7) is 2.42. The molecule has 1 unspecified atom stereocenters. The molecular formula is C17H21BrN2O5. The third-order valence-corrected chi connectivity index (χ3v) is 5.56. The van der Waals surface area contributed by atoms with Gasteiger partial charge in [-0.15, -0.1) is 0 Å². The first kappa shape index (κ1) is 18.0. The van der Waals surface area contributed by atoms with E-state index in [1.807, 2.05) is 10.6 Å². The molecule has 0 fully saturated rings. The third-order valence-electron chi connectivity index (χ3n) is 4.90.